The van der Waals surface area contributed by atoms with Gasteiger partial charge in [0.2, 0.25) is 0 Å². The van der Waals surface area contributed by atoms with Crippen molar-refractivity contribution in [3.8, 4) is 28.4 Å². The Kier molecular flexibility index (Phi) is 5.80. The molecule has 0 unspecified atom stereocenters. The second-order valence-electron chi connectivity index (χ2n) is 7.12. The molecule has 2 atom stereocenters. The third-order valence-corrected chi connectivity index (χ3v) is 4.67. The number of rotatable bonds is 5. The molecular formula is C20H18F3N5O4. The van der Waals surface area contributed by atoms with Crippen molar-refractivity contribution >= 4 is 5.91 Å². The number of amides is 1. The van der Waals surface area contributed by atoms with Gasteiger partial charge in [-0.05, 0) is 30.3 Å². The van der Waals surface area contributed by atoms with Crippen LogP contribution < -0.4 is 10.1 Å². The fourth-order valence-corrected chi connectivity index (χ4v) is 3.13. The van der Waals surface area contributed by atoms with Gasteiger partial charge in [0.1, 0.15) is 11.4 Å². The summed E-state index contributed by atoms with van der Waals surface area (Å²) in [6.45, 7) is 0.286. The number of alkyl halides is 3. The van der Waals surface area contributed by atoms with E-state index in [1.54, 1.807) is 17.9 Å². The molecule has 1 saturated heterocycles. The highest BCUT2D eigenvalue weighted by Gasteiger charge is 2.31. The zero-order valence-corrected chi connectivity index (χ0v) is 16.7. The first-order chi connectivity index (χ1) is 15.2. The summed E-state index contributed by atoms with van der Waals surface area (Å²) in [4.78, 5) is 21.5. The maximum atomic E-state index is 12.8. The standard InChI is InChI=1S/C20H18F3N5O4/c1-28-8-12(7-24-28)18-25-14(11-2-4-13(5-3-11)32-20(21,22)23)6-15(26-18)19(30)27-16-9-31-10-17(16)29/h2-8,16-17,29H,9-10H2,1H3,(H,27,30)/t16-,17+/m0/s1. The second kappa shape index (κ2) is 8.55. The number of aliphatic hydroxyl groups excluding tert-OH is 1. The lowest BCUT2D eigenvalue weighted by atomic mass is 10.1. The topological polar surface area (TPSA) is 111 Å². The molecule has 0 saturated carbocycles. The highest BCUT2D eigenvalue weighted by atomic mass is 19.4. The van der Waals surface area contributed by atoms with Crippen molar-refractivity contribution in [2.75, 3.05) is 13.2 Å². The Bertz CT molecular complexity index is 1120. The van der Waals surface area contributed by atoms with Gasteiger partial charge < -0.3 is 19.9 Å². The van der Waals surface area contributed by atoms with Gasteiger partial charge in [-0.1, -0.05) is 0 Å². The molecular weight excluding hydrogens is 431 g/mol. The second-order valence-corrected chi connectivity index (χ2v) is 7.12. The Morgan fingerprint density at radius 3 is 2.56 bits per heavy atom. The number of aryl methyl sites for hydroxylation is 1. The molecule has 4 rings (SSSR count). The minimum Gasteiger partial charge on any atom is -0.406 e. The highest BCUT2D eigenvalue weighted by Crippen LogP contribution is 2.27. The fourth-order valence-electron chi connectivity index (χ4n) is 3.13. The maximum Gasteiger partial charge on any atom is 0.573 e. The van der Waals surface area contributed by atoms with Crippen LogP contribution >= 0.6 is 0 Å². The molecule has 168 valence electrons. The number of hydrogen-bond acceptors (Lipinski definition) is 7. The molecule has 0 aliphatic carbocycles. The number of hydrogen-bond donors (Lipinski definition) is 2. The van der Waals surface area contributed by atoms with Gasteiger partial charge in [-0.2, -0.15) is 5.10 Å². The monoisotopic (exact) mass is 449 g/mol. The summed E-state index contributed by atoms with van der Waals surface area (Å²) >= 11 is 0. The van der Waals surface area contributed by atoms with E-state index in [1.807, 2.05) is 0 Å². The molecule has 3 heterocycles. The molecule has 1 aliphatic heterocycles. The minimum atomic E-state index is -4.80. The lowest BCUT2D eigenvalue weighted by Gasteiger charge is -2.15. The van der Waals surface area contributed by atoms with Crippen LogP contribution in [0, 0.1) is 0 Å². The van der Waals surface area contributed by atoms with E-state index in [2.05, 4.69) is 25.1 Å². The largest absolute Gasteiger partial charge is 0.573 e. The molecule has 3 aromatic rings. The van der Waals surface area contributed by atoms with E-state index in [0.717, 1.165) is 12.1 Å². The van der Waals surface area contributed by atoms with Crippen LogP contribution in [0.3, 0.4) is 0 Å². The van der Waals surface area contributed by atoms with Crippen LogP contribution in [0.5, 0.6) is 5.75 Å². The first-order valence-electron chi connectivity index (χ1n) is 9.49. The predicted octanol–water partition coefficient (Wildman–Crippen LogP) is 1.93. The normalized spacial score (nSPS) is 18.5. The minimum absolute atomic E-state index is 0.0172. The van der Waals surface area contributed by atoms with Crippen molar-refractivity contribution in [3.63, 3.8) is 0 Å². The summed E-state index contributed by atoms with van der Waals surface area (Å²) < 4.78 is 47.8. The number of halogens is 3. The molecule has 2 aromatic heterocycles. The van der Waals surface area contributed by atoms with Gasteiger partial charge in [0.05, 0.1) is 42.8 Å². The number of carbonyl (C=O) groups excluding carboxylic acids is 1. The van der Waals surface area contributed by atoms with E-state index >= 15 is 0 Å². The number of nitrogens with one attached hydrogen (secondary N) is 1. The van der Waals surface area contributed by atoms with Gasteiger partial charge >= 0.3 is 6.36 Å². The van der Waals surface area contributed by atoms with Crippen LogP contribution in [0.15, 0.2) is 42.7 Å². The van der Waals surface area contributed by atoms with Gasteiger partial charge in [-0.25, -0.2) is 9.97 Å². The van der Waals surface area contributed by atoms with Crippen molar-refractivity contribution in [1.29, 1.82) is 0 Å². The van der Waals surface area contributed by atoms with Gasteiger partial charge in [0.25, 0.3) is 5.91 Å². The first-order valence-corrected chi connectivity index (χ1v) is 9.49. The Morgan fingerprint density at radius 2 is 1.97 bits per heavy atom. The maximum absolute atomic E-state index is 12.8. The Morgan fingerprint density at radius 1 is 1.22 bits per heavy atom. The van der Waals surface area contributed by atoms with Crippen LogP contribution in [0.4, 0.5) is 13.2 Å². The van der Waals surface area contributed by atoms with Gasteiger partial charge in [0.15, 0.2) is 5.82 Å². The van der Waals surface area contributed by atoms with Gasteiger partial charge in [0, 0.05) is 18.8 Å². The van der Waals surface area contributed by atoms with E-state index in [4.69, 9.17) is 4.74 Å². The molecule has 32 heavy (non-hydrogen) atoms. The third-order valence-electron chi connectivity index (χ3n) is 4.67. The lowest BCUT2D eigenvalue weighted by Crippen LogP contribution is -2.42. The van der Waals surface area contributed by atoms with Gasteiger partial charge in [-0.3, -0.25) is 9.48 Å². The quantitative estimate of drug-likeness (QED) is 0.612. The Labute approximate surface area is 179 Å². The van der Waals surface area contributed by atoms with E-state index in [9.17, 15) is 23.1 Å². The zero-order valence-electron chi connectivity index (χ0n) is 16.7. The van der Waals surface area contributed by atoms with Crippen molar-refractivity contribution < 1.29 is 32.5 Å². The molecule has 1 fully saturated rings. The number of carbonyl (C=O) groups is 1. The van der Waals surface area contributed by atoms with E-state index in [-0.39, 0.29) is 30.5 Å². The average Bonchev–Trinajstić information content (AvgIpc) is 3.35. The highest BCUT2D eigenvalue weighted by molar-refractivity contribution is 5.94. The Hall–Kier alpha value is -3.51. The zero-order chi connectivity index (χ0) is 22.9. The van der Waals surface area contributed by atoms with Crippen molar-refractivity contribution in [3.05, 3.63) is 48.4 Å². The summed E-state index contributed by atoms with van der Waals surface area (Å²) in [7, 11) is 1.71. The third kappa shape index (κ3) is 5.03. The average molecular weight is 449 g/mol. The summed E-state index contributed by atoms with van der Waals surface area (Å²) in [6, 6.07) is 5.93. The molecule has 9 nitrogen and oxygen atoms in total. The fraction of sp³-hybridized carbons (Fsp3) is 0.300. The van der Waals surface area contributed by atoms with E-state index < -0.39 is 24.4 Å². The predicted molar refractivity (Wildman–Crippen MR) is 104 cm³/mol. The summed E-state index contributed by atoms with van der Waals surface area (Å²) in [6.07, 6.45) is -2.45. The van der Waals surface area contributed by atoms with Crippen LogP contribution in [0.25, 0.3) is 22.6 Å². The molecule has 12 heteroatoms. The molecule has 0 bridgehead atoms. The molecule has 1 aromatic carbocycles. The van der Waals surface area contributed by atoms with Gasteiger partial charge in [-0.15, -0.1) is 13.2 Å². The van der Waals surface area contributed by atoms with E-state index in [1.165, 1.54) is 24.4 Å². The summed E-state index contributed by atoms with van der Waals surface area (Å²) in [5.41, 5.74) is 1.32. The van der Waals surface area contributed by atoms with Crippen LogP contribution in [0.2, 0.25) is 0 Å². The van der Waals surface area contributed by atoms with Crippen molar-refractivity contribution in [2.45, 2.75) is 18.5 Å². The number of nitrogens with zero attached hydrogens (tertiary/aromatic N) is 4. The lowest BCUT2D eigenvalue weighted by molar-refractivity contribution is -0.274. The van der Waals surface area contributed by atoms with E-state index in [0.29, 0.717) is 16.8 Å². The molecule has 1 amide bonds. The number of aliphatic hydroxyl groups is 1. The number of ether oxygens (including phenoxy) is 2. The number of aromatic nitrogens is 4. The van der Waals surface area contributed by atoms with Crippen molar-refractivity contribution in [1.82, 2.24) is 25.1 Å². The number of benzene rings is 1. The molecule has 2 N–H and O–H groups in total. The first kappa shape index (κ1) is 21.7. The van der Waals surface area contributed by atoms with Crippen molar-refractivity contribution in [2.24, 2.45) is 7.05 Å². The summed E-state index contributed by atoms with van der Waals surface area (Å²) in [5, 5.41) is 16.6. The molecule has 0 radical (unpaired) electrons. The SMILES string of the molecule is Cn1cc(-c2nc(C(=O)N[C@H]3COC[C@H]3O)cc(-c3ccc(OC(F)(F)F)cc3)n2)cn1. The smallest absolute Gasteiger partial charge is 0.406 e. The summed E-state index contributed by atoms with van der Waals surface area (Å²) in [5.74, 6) is -0.721. The Balaban J connectivity index is 1.68. The molecule has 1 aliphatic rings. The van der Waals surface area contributed by atoms with Crippen LogP contribution in [-0.4, -0.2) is 62.5 Å². The van der Waals surface area contributed by atoms with Crippen LogP contribution in [-0.2, 0) is 11.8 Å². The van der Waals surface area contributed by atoms with Crippen LogP contribution in [0.1, 0.15) is 10.5 Å². The molecule has 0 spiro atoms.